The van der Waals surface area contributed by atoms with Crippen molar-refractivity contribution in [3.05, 3.63) is 33.9 Å². The number of carbonyl (C=O) groups excluding carboxylic acids is 1. The average molecular weight is 340 g/mol. The standard InChI is InChI=1S/C15H20N2O5S/c1-3-16(4-2)15(18)9-23-14(8-17(19)20)11-5-6-12-13(7-11)22-10-21-12/h5-7,14H,3-4,8-10H2,1-2H3. The quantitative estimate of drug-likeness (QED) is 0.534. The van der Waals surface area contributed by atoms with Gasteiger partial charge in [0.1, 0.15) is 0 Å². The van der Waals surface area contributed by atoms with Gasteiger partial charge in [-0.3, -0.25) is 14.9 Å². The minimum absolute atomic E-state index is 0.00547. The number of nitrogens with zero attached hydrogens (tertiary/aromatic N) is 2. The topological polar surface area (TPSA) is 81.9 Å². The second-order valence-corrected chi connectivity index (χ2v) is 6.18. The van der Waals surface area contributed by atoms with Gasteiger partial charge in [0.2, 0.25) is 19.2 Å². The van der Waals surface area contributed by atoms with E-state index >= 15 is 0 Å². The van der Waals surface area contributed by atoms with Gasteiger partial charge in [-0.15, -0.1) is 11.8 Å². The van der Waals surface area contributed by atoms with Crippen LogP contribution in [0.25, 0.3) is 0 Å². The summed E-state index contributed by atoms with van der Waals surface area (Å²) in [4.78, 5) is 24.4. The third-order valence-corrected chi connectivity index (χ3v) is 4.84. The number of amides is 1. The number of ether oxygens (including phenoxy) is 2. The lowest BCUT2D eigenvalue weighted by molar-refractivity contribution is -0.479. The molecule has 1 aromatic rings. The Balaban J connectivity index is 2.08. The SMILES string of the molecule is CCN(CC)C(=O)CSC(C[N+](=O)[O-])c1ccc2c(c1)OCO2. The molecule has 0 N–H and O–H groups in total. The van der Waals surface area contributed by atoms with Gasteiger partial charge in [0.15, 0.2) is 11.5 Å². The molecule has 1 aliphatic rings. The Morgan fingerprint density at radius 2 is 2.04 bits per heavy atom. The van der Waals surface area contributed by atoms with Crippen LogP contribution in [-0.2, 0) is 4.79 Å². The Kier molecular flexibility index (Phi) is 6.09. The molecule has 23 heavy (non-hydrogen) atoms. The van der Waals surface area contributed by atoms with Gasteiger partial charge in [0, 0.05) is 18.0 Å². The zero-order chi connectivity index (χ0) is 16.8. The molecule has 1 atom stereocenters. The number of hydrogen-bond donors (Lipinski definition) is 0. The molecule has 0 radical (unpaired) electrons. The molecule has 1 aromatic carbocycles. The van der Waals surface area contributed by atoms with Crippen molar-refractivity contribution in [1.82, 2.24) is 4.90 Å². The van der Waals surface area contributed by atoms with Crippen molar-refractivity contribution in [1.29, 1.82) is 0 Å². The first kappa shape index (κ1) is 17.4. The van der Waals surface area contributed by atoms with Gasteiger partial charge < -0.3 is 14.4 Å². The molecule has 0 bridgehead atoms. The maximum atomic E-state index is 12.1. The molecule has 0 saturated carbocycles. The zero-order valence-corrected chi connectivity index (χ0v) is 14.0. The van der Waals surface area contributed by atoms with Crippen LogP contribution in [0.1, 0.15) is 24.7 Å². The van der Waals surface area contributed by atoms with E-state index in [-0.39, 0.29) is 29.9 Å². The number of benzene rings is 1. The van der Waals surface area contributed by atoms with Gasteiger partial charge in [-0.2, -0.15) is 0 Å². The molecule has 8 heteroatoms. The third-order valence-electron chi connectivity index (χ3n) is 3.61. The second kappa shape index (κ2) is 8.05. The van der Waals surface area contributed by atoms with E-state index in [2.05, 4.69) is 0 Å². The maximum absolute atomic E-state index is 12.1. The summed E-state index contributed by atoms with van der Waals surface area (Å²) in [5, 5.41) is 10.5. The fourth-order valence-electron chi connectivity index (χ4n) is 2.34. The van der Waals surface area contributed by atoms with Gasteiger partial charge in [-0.05, 0) is 31.5 Å². The lowest BCUT2D eigenvalue weighted by atomic mass is 10.1. The highest BCUT2D eigenvalue weighted by atomic mass is 32.2. The maximum Gasteiger partial charge on any atom is 0.232 e. The van der Waals surface area contributed by atoms with Crippen molar-refractivity contribution in [2.24, 2.45) is 0 Å². The number of fused-ring (bicyclic) bond motifs is 1. The molecule has 0 saturated heterocycles. The Morgan fingerprint density at radius 3 is 2.70 bits per heavy atom. The van der Waals surface area contributed by atoms with Crippen molar-refractivity contribution in [2.45, 2.75) is 19.1 Å². The predicted octanol–water partition coefficient (Wildman–Crippen LogP) is 2.33. The van der Waals surface area contributed by atoms with Crippen LogP contribution in [0.15, 0.2) is 18.2 Å². The molecular weight excluding hydrogens is 320 g/mol. The van der Waals surface area contributed by atoms with E-state index in [0.717, 1.165) is 5.56 Å². The Labute approximate surface area is 139 Å². The summed E-state index contributed by atoms with van der Waals surface area (Å²) < 4.78 is 10.6. The van der Waals surface area contributed by atoms with E-state index in [0.29, 0.717) is 24.6 Å². The molecule has 7 nitrogen and oxygen atoms in total. The Hall–Kier alpha value is -1.96. The molecular formula is C15H20N2O5S. The smallest absolute Gasteiger partial charge is 0.232 e. The van der Waals surface area contributed by atoms with Crippen LogP contribution < -0.4 is 9.47 Å². The molecule has 0 aliphatic carbocycles. The van der Waals surface area contributed by atoms with Crippen LogP contribution in [0.4, 0.5) is 0 Å². The highest BCUT2D eigenvalue weighted by molar-refractivity contribution is 8.00. The number of carbonyl (C=O) groups is 1. The van der Waals surface area contributed by atoms with Crippen LogP contribution >= 0.6 is 11.8 Å². The van der Waals surface area contributed by atoms with E-state index in [1.54, 1.807) is 23.1 Å². The van der Waals surface area contributed by atoms with Crippen molar-refractivity contribution in [2.75, 3.05) is 32.2 Å². The Morgan fingerprint density at radius 1 is 1.35 bits per heavy atom. The highest BCUT2D eigenvalue weighted by Gasteiger charge is 2.24. The third kappa shape index (κ3) is 4.51. The monoisotopic (exact) mass is 340 g/mol. The van der Waals surface area contributed by atoms with E-state index in [4.69, 9.17) is 9.47 Å². The average Bonchev–Trinajstić information content (AvgIpc) is 2.99. The molecule has 0 aromatic heterocycles. The zero-order valence-electron chi connectivity index (χ0n) is 13.2. The fourth-order valence-corrected chi connectivity index (χ4v) is 3.44. The van der Waals surface area contributed by atoms with E-state index in [1.807, 2.05) is 13.8 Å². The van der Waals surface area contributed by atoms with Crippen molar-refractivity contribution < 1.29 is 19.2 Å². The van der Waals surface area contributed by atoms with Crippen LogP contribution in [0, 0.1) is 10.1 Å². The second-order valence-electron chi connectivity index (χ2n) is 4.99. The van der Waals surface area contributed by atoms with Crippen molar-refractivity contribution in [3.8, 4) is 11.5 Å². The van der Waals surface area contributed by atoms with Gasteiger partial charge in [0.25, 0.3) is 0 Å². The molecule has 2 rings (SSSR count). The number of nitro groups is 1. The summed E-state index contributed by atoms with van der Waals surface area (Å²) in [5.74, 6) is 1.44. The predicted molar refractivity (Wildman–Crippen MR) is 87.6 cm³/mol. The van der Waals surface area contributed by atoms with Gasteiger partial charge in [-0.25, -0.2) is 0 Å². The van der Waals surface area contributed by atoms with Crippen LogP contribution in [-0.4, -0.2) is 47.9 Å². The van der Waals surface area contributed by atoms with Crippen LogP contribution in [0.2, 0.25) is 0 Å². The first-order chi connectivity index (χ1) is 11.0. The molecule has 1 unspecified atom stereocenters. The van der Waals surface area contributed by atoms with Gasteiger partial charge in [0.05, 0.1) is 11.0 Å². The number of rotatable bonds is 8. The van der Waals surface area contributed by atoms with Crippen molar-refractivity contribution >= 4 is 17.7 Å². The van der Waals surface area contributed by atoms with Crippen LogP contribution in [0.5, 0.6) is 11.5 Å². The summed E-state index contributed by atoms with van der Waals surface area (Å²) >= 11 is 1.29. The largest absolute Gasteiger partial charge is 0.454 e. The number of hydrogen-bond acceptors (Lipinski definition) is 6. The summed E-state index contributed by atoms with van der Waals surface area (Å²) in [7, 11) is 0. The normalized spacial score (nSPS) is 13.7. The summed E-state index contributed by atoms with van der Waals surface area (Å²) in [6.45, 7) is 5.03. The molecule has 126 valence electrons. The van der Waals surface area contributed by atoms with Crippen LogP contribution in [0.3, 0.4) is 0 Å². The first-order valence-electron chi connectivity index (χ1n) is 7.45. The minimum atomic E-state index is -0.404. The highest BCUT2D eigenvalue weighted by Crippen LogP contribution is 2.38. The van der Waals surface area contributed by atoms with Gasteiger partial charge >= 0.3 is 0 Å². The van der Waals surface area contributed by atoms with E-state index < -0.39 is 5.25 Å². The summed E-state index contributed by atoms with van der Waals surface area (Å²) in [5.41, 5.74) is 0.767. The molecule has 0 spiro atoms. The lowest BCUT2D eigenvalue weighted by Gasteiger charge is -2.20. The summed E-state index contributed by atoms with van der Waals surface area (Å²) in [6, 6.07) is 5.29. The molecule has 1 heterocycles. The van der Waals surface area contributed by atoms with Gasteiger partial charge in [-0.1, -0.05) is 6.07 Å². The van der Waals surface area contributed by atoms with E-state index in [1.165, 1.54) is 11.8 Å². The molecule has 1 aliphatic heterocycles. The Bertz CT molecular complexity index is 577. The van der Waals surface area contributed by atoms with Crippen molar-refractivity contribution in [3.63, 3.8) is 0 Å². The molecule has 1 amide bonds. The fraction of sp³-hybridized carbons (Fsp3) is 0.533. The minimum Gasteiger partial charge on any atom is -0.454 e. The first-order valence-corrected chi connectivity index (χ1v) is 8.50. The van der Waals surface area contributed by atoms with E-state index in [9.17, 15) is 14.9 Å². The lowest BCUT2D eigenvalue weighted by Crippen LogP contribution is -2.32. The molecule has 0 fully saturated rings. The summed E-state index contributed by atoms with van der Waals surface area (Å²) in [6.07, 6.45) is 0. The number of thioether (sulfide) groups is 1.